The highest BCUT2D eigenvalue weighted by Gasteiger charge is 2.04. The molecule has 0 aliphatic rings. The summed E-state index contributed by atoms with van der Waals surface area (Å²) in [4.78, 5) is 11.3. The van der Waals surface area contributed by atoms with Crippen molar-refractivity contribution in [3.63, 3.8) is 0 Å². The first kappa shape index (κ1) is 12.6. The normalized spacial score (nSPS) is 10.3. The number of rotatable bonds is 2. The molecule has 0 spiro atoms. The van der Waals surface area contributed by atoms with E-state index < -0.39 is 0 Å². The van der Waals surface area contributed by atoms with Crippen LogP contribution in [0.3, 0.4) is 0 Å². The van der Waals surface area contributed by atoms with Crippen LogP contribution in [-0.4, -0.2) is 11.7 Å². The molecule has 2 aromatic rings. The average molecular weight is 262 g/mol. The summed E-state index contributed by atoms with van der Waals surface area (Å²) in [5.74, 6) is 0. The maximum Gasteiger partial charge on any atom is 0.336 e. The van der Waals surface area contributed by atoms with Gasteiger partial charge in [-0.05, 0) is 43.8 Å². The van der Waals surface area contributed by atoms with E-state index in [-0.39, 0.29) is 5.63 Å². The summed E-state index contributed by atoms with van der Waals surface area (Å²) in [5.41, 5.74) is 1.92. The molecule has 0 atom stereocenters. The number of benzene rings is 1. The predicted octanol–water partition coefficient (Wildman–Crippen LogP) is 2.41. The highest BCUT2D eigenvalue weighted by Crippen LogP contribution is 2.20. The summed E-state index contributed by atoms with van der Waals surface area (Å²) < 4.78 is 5.17. The van der Waals surface area contributed by atoms with E-state index in [4.69, 9.17) is 16.6 Å². The number of fused-ring (bicyclic) bond motifs is 1. The lowest BCUT2D eigenvalue weighted by atomic mass is 10.1. The summed E-state index contributed by atoms with van der Waals surface area (Å²) in [5, 5.41) is 7.50. The van der Waals surface area contributed by atoms with Gasteiger partial charge in [-0.25, -0.2) is 4.79 Å². The van der Waals surface area contributed by atoms with Gasteiger partial charge in [-0.1, -0.05) is 0 Å². The van der Waals surface area contributed by atoms with Crippen LogP contribution >= 0.6 is 12.2 Å². The molecule has 0 saturated heterocycles. The Morgan fingerprint density at radius 1 is 1.39 bits per heavy atom. The lowest BCUT2D eigenvalue weighted by molar-refractivity contribution is 0.560. The Balaban J connectivity index is 2.38. The lowest BCUT2D eigenvalue weighted by Crippen LogP contribution is -2.27. The standard InChI is InChI=1S/C13H14N2O2S/c1-3-14-13(18)15-9-4-5-10-8(2)6-12(16)17-11(10)7-9/h4-7H,3H2,1-2H3,(H2,14,15,18). The number of anilines is 1. The van der Waals surface area contributed by atoms with Crippen LogP contribution in [-0.2, 0) is 0 Å². The fourth-order valence-corrected chi connectivity index (χ4v) is 2.00. The van der Waals surface area contributed by atoms with Crippen LogP contribution in [0.2, 0.25) is 0 Å². The Labute approximate surface area is 110 Å². The molecule has 0 aliphatic heterocycles. The van der Waals surface area contributed by atoms with Gasteiger partial charge in [0.1, 0.15) is 5.58 Å². The number of nitrogens with one attached hydrogen (secondary N) is 2. The Kier molecular flexibility index (Phi) is 3.62. The van der Waals surface area contributed by atoms with Crippen molar-refractivity contribution in [2.75, 3.05) is 11.9 Å². The van der Waals surface area contributed by atoms with Gasteiger partial charge >= 0.3 is 5.63 Å². The fraction of sp³-hybridized carbons (Fsp3) is 0.231. The first-order chi connectivity index (χ1) is 8.60. The zero-order chi connectivity index (χ0) is 13.1. The number of thiocarbonyl (C=S) groups is 1. The molecule has 1 heterocycles. The van der Waals surface area contributed by atoms with E-state index in [0.29, 0.717) is 10.7 Å². The molecule has 0 unspecified atom stereocenters. The number of hydrogen-bond acceptors (Lipinski definition) is 3. The molecule has 0 saturated carbocycles. The fourth-order valence-electron chi connectivity index (χ4n) is 1.74. The van der Waals surface area contributed by atoms with Crippen LogP contribution < -0.4 is 16.3 Å². The summed E-state index contributed by atoms with van der Waals surface area (Å²) in [6.45, 7) is 4.61. The van der Waals surface area contributed by atoms with E-state index in [1.54, 1.807) is 6.07 Å². The minimum atomic E-state index is -0.341. The quantitative estimate of drug-likeness (QED) is 0.643. The zero-order valence-corrected chi connectivity index (χ0v) is 11.1. The van der Waals surface area contributed by atoms with E-state index in [9.17, 15) is 4.79 Å². The smallest absolute Gasteiger partial charge is 0.336 e. The molecule has 4 nitrogen and oxygen atoms in total. The molecule has 2 N–H and O–H groups in total. The topological polar surface area (TPSA) is 54.3 Å². The van der Waals surface area contributed by atoms with Gasteiger partial charge in [-0.2, -0.15) is 0 Å². The molecular formula is C13H14N2O2S. The van der Waals surface area contributed by atoms with Crippen LogP contribution in [0.4, 0.5) is 5.69 Å². The zero-order valence-electron chi connectivity index (χ0n) is 10.2. The molecule has 5 heteroatoms. The average Bonchev–Trinajstić information content (AvgIpc) is 2.28. The van der Waals surface area contributed by atoms with Crippen molar-refractivity contribution in [1.29, 1.82) is 0 Å². The van der Waals surface area contributed by atoms with Crippen LogP contribution in [0.25, 0.3) is 11.0 Å². The minimum Gasteiger partial charge on any atom is -0.423 e. The van der Waals surface area contributed by atoms with E-state index in [1.165, 1.54) is 6.07 Å². The van der Waals surface area contributed by atoms with Crippen LogP contribution in [0.1, 0.15) is 12.5 Å². The maximum absolute atomic E-state index is 11.3. The van der Waals surface area contributed by atoms with Crippen molar-refractivity contribution in [2.45, 2.75) is 13.8 Å². The molecule has 0 amide bonds. The third-order valence-corrected chi connectivity index (χ3v) is 2.79. The van der Waals surface area contributed by atoms with Crippen molar-refractivity contribution < 1.29 is 4.42 Å². The second kappa shape index (κ2) is 5.18. The summed E-state index contributed by atoms with van der Waals surface area (Å²) in [6, 6.07) is 7.07. The third-order valence-electron chi connectivity index (χ3n) is 2.55. The summed E-state index contributed by atoms with van der Waals surface area (Å²) in [6.07, 6.45) is 0. The van der Waals surface area contributed by atoms with E-state index in [2.05, 4.69) is 10.6 Å². The van der Waals surface area contributed by atoms with Crippen molar-refractivity contribution in [3.8, 4) is 0 Å². The second-order valence-corrected chi connectivity index (χ2v) is 4.35. The van der Waals surface area contributed by atoms with E-state index >= 15 is 0 Å². The van der Waals surface area contributed by atoms with Crippen molar-refractivity contribution in [3.05, 3.63) is 40.2 Å². The highest BCUT2D eigenvalue weighted by molar-refractivity contribution is 7.80. The molecule has 2 rings (SSSR count). The first-order valence-corrected chi connectivity index (χ1v) is 6.10. The van der Waals surface area contributed by atoms with Gasteiger partial charge in [0.15, 0.2) is 5.11 Å². The van der Waals surface area contributed by atoms with Gasteiger partial charge in [-0.15, -0.1) is 0 Å². The van der Waals surface area contributed by atoms with Gasteiger partial charge in [0.25, 0.3) is 0 Å². The third kappa shape index (κ3) is 2.68. The van der Waals surface area contributed by atoms with Gasteiger partial charge in [0.2, 0.25) is 0 Å². The Morgan fingerprint density at radius 2 is 2.17 bits per heavy atom. The number of aryl methyl sites for hydroxylation is 1. The Bertz CT molecular complexity index is 649. The minimum absolute atomic E-state index is 0.341. The molecular weight excluding hydrogens is 248 g/mol. The molecule has 0 aliphatic carbocycles. The number of hydrogen-bond donors (Lipinski definition) is 2. The molecule has 0 fully saturated rings. The Morgan fingerprint density at radius 3 is 2.89 bits per heavy atom. The van der Waals surface area contributed by atoms with Gasteiger partial charge in [0.05, 0.1) is 0 Å². The van der Waals surface area contributed by atoms with Crippen molar-refractivity contribution >= 4 is 34.0 Å². The molecule has 18 heavy (non-hydrogen) atoms. The van der Waals surface area contributed by atoms with Crippen LogP contribution in [0, 0.1) is 6.92 Å². The van der Waals surface area contributed by atoms with Gasteiger partial charge < -0.3 is 15.1 Å². The second-order valence-electron chi connectivity index (χ2n) is 3.94. The van der Waals surface area contributed by atoms with E-state index in [1.807, 2.05) is 26.0 Å². The van der Waals surface area contributed by atoms with Gasteiger partial charge in [-0.3, -0.25) is 0 Å². The molecule has 1 aromatic carbocycles. The molecule has 94 valence electrons. The van der Waals surface area contributed by atoms with Crippen LogP contribution in [0.15, 0.2) is 33.5 Å². The van der Waals surface area contributed by atoms with E-state index in [0.717, 1.165) is 23.2 Å². The lowest BCUT2D eigenvalue weighted by Gasteiger charge is -2.09. The summed E-state index contributed by atoms with van der Waals surface area (Å²) in [7, 11) is 0. The molecule has 1 aromatic heterocycles. The van der Waals surface area contributed by atoms with Gasteiger partial charge in [0, 0.05) is 29.8 Å². The predicted molar refractivity (Wildman–Crippen MR) is 77.1 cm³/mol. The first-order valence-electron chi connectivity index (χ1n) is 5.69. The monoisotopic (exact) mass is 262 g/mol. The highest BCUT2D eigenvalue weighted by atomic mass is 32.1. The molecule has 0 radical (unpaired) electrons. The largest absolute Gasteiger partial charge is 0.423 e. The maximum atomic E-state index is 11.3. The SMILES string of the molecule is CCNC(=S)Nc1ccc2c(C)cc(=O)oc2c1. The summed E-state index contributed by atoms with van der Waals surface area (Å²) >= 11 is 5.09. The van der Waals surface area contributed by atoms with Crippen molar-refractivity contribution in [1.82, 2.24) is 5.32 Å². The Hall–Kier alpha value is -1.88. The van der Waals surface area contributed by atoms with Crippen molar-refractivity contribution in [2.24, 2.45) is 0 Å². The molecule has 0 bridgehead atoms. The van der Waals surface area contributed by atoms with Crippen LogP contribution in [0.5, 0.6) is 0 Å².